The number of anilines is 2. The van der Waals surface area contributed by atoms with Gasteiger partial charge in [-0.25, -0.2) is 4.98 Å². The number of aryl methyl sites for hydroxylation is 1. The minimum atomic E-state index is -0.106. The van der Waals surface area contributed by atoms with Crippen molar-refractivity contribution in [3.05, 3.63) is 53.3 Å². The first kappa shape index (κ1) is 18.5. The van der Waals surface area contributed by atoms with Gasteiger partial charge in [0.05, 0.1) is 22.4 Å². The van der Waals surface area contributed by atoms with E-state index >= 15 is 0 Å². The van der Waals surface area contributed by atoms with Crippen LogP contribution in [0.5, 0.6) is 0 Å². The highest BCUT2D eigenvalue weighted by Gasteiger charge is 2.20. The number of nitrogens with zero attached hydrogens (tertiary/aromatic N) is 2. The third kappa shape index (κ3) is 3.75. The Morgan fingerprint density at radius 2 is 1.82 bits per heavy atom. The molecule has 1 aromatic heterocycles. The van der Waals surface area contributed by atoms with Crippen LogP contribution in [-0.2, 0) is 0 Å². The number of aromatic amines is 1. The lowest BCUT2D eigenvalue weighted by atomic mass is 9.89. The number of hydrogen-bond donors (Lipinski definition) is 2. The van der Waals surface area contributed by atoms with Gasteiger partial charge in [0.15, 0.2) is 0 Å². The van der Waals surface area contributed by atoms with Gasteiger partial charge in [-0.2, -0.15) is 0 Å². The molecule has 0 radical (unpaired) electrons. The lowest BCUT2D eigenvalue weighted by Crippen LogP contribution is -2.16. The zero-order valence-electron chi connectivity index (χ0n) is 16.9. The van der Waals surface area contributed by atoms with Crippen LogP contribution in [-0.4, -0.2) is 30.0 Å². The molecule has 3 aromatic rings. The van der Waals surface area contributed by atoms with Crippen LogP contribution < -0.4 is 10.2 Å². The van der Waals surface area contributed by atoms with Gasteiger partial charge in [0.25, 0.3) is 5.91 Å². The molecule has 0 spiro atoms. The number of aromatic nitrogens is 2. The third-order valence-electron chi connectivity index (χ3n) is 5.65. The Balaban J connectivity index is 1.66. The topological polar surface area (TPSA) is 61.0 Å². The molecule has 5 nitrogen and oxygen atoms in total. The third-order valence-corrected chi connectivity index (χ3v) is 5.65. The summed E-state index contributed by atoms with van der Waals surface area (Å²) in [5.74, 6) is 1.50. The first-order valence-corrected chi connectivity index (χ1v) is 10.1. The molecule has 2 aromatic carbocycles. The van der Waals surface area contributed by atoms with Gasteiger partial charge in [-0.3, -0.25) is 4.79 Å². The Morgan fingerprint density at radius 3 is 2.50 bits per heavy atom. The molecule has 1 amide bonds. The Morgan fingerprint density at radius 1 is 1.11 bits per heavy atom. The second kappa shape index (κ2) is 7.66. The predicted octanol–water partition coefficient (Wildman–Crippen LogP) is 5.24. The van der Waals surface area contributed by atoms with Gasteiger partial charge in [-0.15, -0.1) is 0 Å². The lowest BCUT2D eigenvalue weighted by molar-refractivity contribution is 0.102. The second-order valence-electron chi connectivity index (χ2n) is 8.06. The quantitative estimate of drug-likeness (QED) is 0.655. The van der Waals surface area contributed by atoms with Crippen molar-refractivity contribution >= 4 is 28.3 Å². The fraction of sp³-hybridized carbons (Fsp3) is 0.391. The van der Waals surface area contributed by atoms with Gasteiger partial charge in [-0.05, 0) is 44.0 Å². The molecule has 1 aliphatic carbocycles. The maximum absolute atomic E-state index is 12.7. The molecule has 1 heterocycles. The highest BCUT2D eigenvalue weighted by atomic mass is 16.1. The molecular weight excluding hydrogens is 348 g/mol. The number of nitrogens with one attached hydrogen (secondary N) is 2. The first-order chi connectivity index (χ1) is 13.5. The average Bonchev–Trinajstić information content (AvgIpc) is 3.11. The number of imidazole rings is 1. The summed E-state index contributed by atoms with van der Waals surface area (Å²) < 4.78 is 0. The summed E-state index contributed by atoms with van der Waals surface area (Å²) in [4.78, 5) is 23.1. The molecule has 0 bridgehead atoms. The molecular formula is C23H28N4O. The van der Waals surface area contributed by atoms with Gasteiger partial charge in [0.1, 0.15) is 5.82 Å². The number of H-pyrrole nitrogens is 1. The monoisotopic (exact) mass is 376 g/mol. The molecule has 5 heteroatoms. The van der Waals surface area contributed by atoms with E-state index in [2.05, 4.69) is 16.4 Å². The summed E-state index contributed by atoms with van der Waals surface area (Å²) >= 11 is 0. The Kier molecular flexibility index (Phi) is 5.07. The maximum atomic E-state index is 12.7. The van der Waals surface area contributed by atoms with Gasteiger partial charge in [-0.1, -0.05) is 37.0 Å². The average molecular weight is 377 g/mol. The minimum absolute atomic E-state index is 0.106. The van der Waals surface area contributed by atoms with Crippen molar-refractivity contribution in [1.29, 1.82) is 0 Å². The van der Waals surface area contributed by atoms with E-state index in [-0.39, 0.29) is 5.91 Å². The van der Waals surface area contributed by atoms with Crippen LogP contribution in [0, 0.1) is 6.92 Å². The second-order valence-corrected chi connectivity index (χ2v) is 8.06. The number of hydrogen-bond acceptors (Lipinski definition) is 3. The maximum Gasteiger partial charge on any atom is 0.255 e. The van der Waals surface area contributed by atoms with E-state index in [1.165, 1.54) is 32.1 Å². The van der Waals surface area contributed by atoms with Gasteiger partial charge in [0.2, 0.25) is 0 Å². The summed E-state index contributed by atoms with van der Waals surface area (Å²) in [7, 11) is 3.97. The van der Waals surface area contributed by atoms with Crippen molar-refractivity contribution in [2.45, 2.75) is 44.9 Å². The molecule has 1 saturated carbocycles. The molecule has 0 unspecified atom stereocenters. The van der Waals surface area contributed by atoms with Crippen LogP contribution in [0.4, 0.5) is 11.4 Å². The van der Waals surface area contributed by atoms with E-state index in [9.17, 15) is 4.79 Å². The highest BCUT2D eigenvalue weighted by molar-refractivity contribution is 6.07. The van der Waals surface area contributed by atoms with Crippen molar-refractivity contribution in [1.82, 2.24) is 9.97 Å². The number of carbonyl (C=O) groups is 1. The molecule has 1 aliphatic rings. The number of fused-ring (bicyclic) bond motifs is 1. The van der Waals surface area contributed by atoms with E-state index < -0.39 is 0 Å². The highest BCUT2D eigenvalue weighted by Crippen LogP contribution is 2.35. The van der Waals surface area contributed by atoms with E-state index in [1.54, 1.807) is 0 Å². The fourth-order valence-corrected chi connectivity index (χ4v) is 4.00. The normalized spacial score (nSPS) is 15.0. The molecule has 0 atom stereocenters. The molecule has 0 saturated heterocycles. The zero-order chi connectivity index (χ0) is 19.7. The van der Waals surface area contributed by atoms with Crippen LogP contribution in [0.15, 0.2) is 36.4 Å². The summed E-state index contributed by atoms with van der Waals surface area (Å²) in [6.07, 6.45) is 6.30. The molecule has 28 heavy (non-hydrogen) atoms. The molecule has 4 rings (SSSR count). The number of carbonyl (C=O) groups excluding carboxylic acids is 1. The standard InChI is InChI=1S/C23H28N4O/c1-15-9-11-17(12-10-15)23(28)26-20-13-18-19(14-21(20)27(2)3)25-22(24-18)16-7-5-4-6-8-16/h9-14,16H,4-8H2,1-3H3,(H,24,25)(H,26,28). The van der Waals surface area contributed by atoms with Crippen LogP contribution in [0.3, 0.4) is 0 Å². The molecule has 2 N–H and O–H groups in total. The summed E-state index contributed by atoms with van der Waals surface area (Å²) in [5, 5.41) is 3.07. The van der Waals surface area contributed by atoms with Crippen molar-refractivity contribution in [2.24, 2.45) is 0 Å². The van der Waals surface area contributed by atoms with Crippen LogP contribution in [0.2, 0.25) is 0 Å². The van der Waals surface area contributed by atoms with Crippen molar-refractivity contribution in [2.75, 3.05) is 24.3 Å². The SMILES string of the molecule is Cc1ccc(C(=O)Nc2cc3nc(C4CCCCC4)[nH]c3cc2N(C)C)cc1. The summed E-state index contributed by atoms with van der Waals surface area (Å²) in [5.41, 5.74) is 5.47. The smallest absolute Gasteiger partial charge is 0.255 e. The molecule has 0 aliphatic heterocycles. The van der Waals surface area contributed by atoms with Crippen LogP contribution in [0.25, 0.3) is 11.0 Å². The first-order valence-electron chi connectivity index (χ1n) is 10.1. The van der Waals surface area contributed by atoms with Gasteiger partial charge in [0, 0.05) is 25.6 Å². The number of benzene rings is 2. The predicted molar refractivity (Wildman–Crippen MR) is 115 cm³/mol. The zero-order valence-corrected chi connectivity index (χ0v) is 16.9. The molecule has 1 fully saturated rings. The Bertz CT molecular complexity index is 982. The largest absolute Gasteiger partial charge is 0.376 e. The summed E-state index contributed by atoms with van der Waals surface area (Å²) in [6, 6.07) is 11.7. The Hall–Kier alpha value is -2.82. The van der Waals surface area contributed by atoms with Crippen molar-refractivity contribution in [3.8, 4) is 0 Å². The van der Waals surface area contributed by atoms with Crippen molar-refractivity contribution in [3.63, 3.8) is 0 Å². The van der Waals surface area contributed by atoms with E-state index in [0.29, 0.717) is 11.5 Å². The van der Waals surface area contributed by atoms with Crippen LogP contribution in [0.1, 0.15) is 59.8 Å². The minimum Gasteiger partial charge on any atom is -0.376 e. The van der Waals surface area contributed by atoms with E-state index in [1.807, 2.05) is 56.3 Å². The lowest BCUT2D eigenvalue weighted by Gasteiger charge is -2.19. The molecule has 146 valence electrons. The fourth-order valence-electron chi connectivity index (χ4n) is 4.00. The van der Waals surface area contributed by atoms with E-state index in [0.717, 1.165) is 33.8 Å². The van der Waals surface area contributed by atoms with Gasteiger partial charge >= 0.3 is 0 Å². The van der Waals surface area contributed by atoms with Crippen LogP contribution >= 0.6 is 0 Å². The van der Waals surface area contributed by atoms with Gasteiger partial charge < -0.3 is 15.2 Å². The van der Waals surface area contributed by atoms with E-state index in [4.69, 9.17) is 4.98 Å². The van der Waals surface area contributed by atoms with Crippen molar-refractivity contribution < 1.29 is 4.79 Å². The Labute approximate surface area is 166 Å². The number of amides is 1. The summed E-state index contributed by atoms with van der Waals surface area (Å²) in [6.45, 7) is 2.02. The number of rotatable bonds is 4.